The number of nitrogens with one attached hydrogen (secondary N) is 1. The van der Waals surface area contributed by atoms with Gasteiger partial charge in [0.25, 0.3) is 0 Å². The predicted molar refractivity (Wildman–Crippen MR) is 71.5 cm³/mol. The lowest BCUT2D eigenvalue weighted by molar-refractivity contribution is -0.148. The number of carbonyl (C=O) groups is 3. The Morgan fingerprint density at radius 1 is 1.15 bits per heavy atom. The lowest BCUT2D eigenvalue weighted by Gasteiger charge is -2.11. The van der Waals surface area contributed by atoms with Gasteiger partial charge < -0.3 is 15.5 Å². The van der Waals surface area contributed by atoms with Crippen molar-refractivity contribution in [3.63, 3.8) is 0 Å². The maximum absolute atomic E-state index is 11.6. The molecule has 20 heavy (non-hydrogen) atoms. The number of carboxylic acid groups (broad SMARTS) is 2. The highest BCUT2D eigenvalue weighted by atomic mass is 35.5. The second-order valence-corrected chi connectivity index (χ2v) is 4.68. The van der Waals surface area contributed by atoms with Crippen LogP contribution in [0.2, 0.25) is 5.02 Å². The molecule has 3 N–H and O–H groups in total. The summed E-state index contributed by atoms with van der Waals surface area (Å²) in [6, 6.07) is 6.67. The Morgan fingerprint density at radius 2 is 1.75 bits per heavy atom. The fourth-order valence-electron chi connectivity index (χ4n) is 1.54. The average Bonchev–Trinajstić information content (AvgIpc) is 2.36. The second-order valence-electron chi connectivity index (χ2n) is 4.24. The molecule has 0 aromatic heterocycles. The Bertz CT molecular complexity index is 500. The molecule has 0 heterocycles. The highest BCUT2D eigenvalue weighted by molar-refractivity contribution is 6.30. The minimum absolute atomic E-state index is 0.0799. The van der Waals surface area contributed by atoms with Crippen LogP contribution in [0.15, 0.2) is 24.3 Å². The van der Waals surface area contributed by atoms with E-state index in [2.05, 4.69) is 5.32 Å². The smallest absolute Gasteiger partial charge is 0.308 e. The number of halogens is 1. The SMILES string of the molecule is O=C(O)CC(CNC(=O)Cc1ccc(Cl)cc1)C(=O)O. The van der Waals surface area contributed by atoms with Gasteiger partial charge in [-0.05, 0) is 17.7 Å². The third-order valence-electron chi connectivity index (χ3n) is 2.59. The van der Waals surface area contributed by atoms with Crippen LogP contribution in [0.25, 0.3) is 0 Å². The first kappa shape index (κ1) is 16.0. The Kier molecular flexibility index (Phi) is 5.99. The fourth-order valence-corrected chi connectivity index (χ4v) is 1.67. The van der Waals surface area contributed by atoms with Crippen molar-refractivity contribution in [1.29, 1.82) is 0 Å². The van der Waals surface area contributed by atoms with Crippen LogP contribution < -0.4 is 5.32 Å². The van der Waals surface area contributed by atoms with Crippen LogP contribution in [0.4, 0.5) is 0 Å². The Morgan fingerprint density at radius 3 is 2.25 bits per heavy atom. The Labute approximate surface area is 120 Å². The molecular weight excluding hydrogens is 286 g/mol. The molecule has 0 aliphatic rings. The van der Waals surface area contributed by atoms with E-state index in [4.69, 9.17) is 21.8 Å². The molecule has 7 heteroatoms. The summed E-state index contributed by atoms with van der Waals surface area (Å²) in [4.78, 5) is 32.9. The monoisotopic (exact) mass is 299 g/mol. The summed E-state index contributed by atoms with van der Waals surface area (Å²) in [7, 11) is 0. The molecule has 0 spiro atoms. The maximum Gasteiger partial charge on any atom is 0.308 e. The molecule has 0 saturated carbocycles. The topological polar surface area (TPSA) is 104 Å². The standard InChI is InChI=1S/C13H14ClNO5/c14-10-3-1-8(2-4-10)5-11(16)15-7-9(13(19)20)6-12(17)18/h1-4,9H,5-7H2,(H,15,16)(H,17,18)(H,19,20). The van der Waals surface area contributed by atoms with E-state index in [1.165, 1.54) is 0 Å². The molecule has 108 valence electrons. The molecule has 1 unspecified atom stereocenters. The van der Waals surface area contributed by atoms with Crippen LogP contribution >= 0.6 is 11.6 Å². The van der Waals surface area contributed by atoms with E-state index in [1.54, 1.807) is 24.3 Å². The van der Waals surface area contributed by atoms with Crippen molar-refractivity contribution in [1.82, 2.24) is 5.32 Å². The fraction of sp³-hybridized carbons (Fsp3) is 0.308. The van der Waals surface area contributed by atoms with Crippen LogP contribution in [0.1, 0.15) is 12.0 Å². The van der Waals surface area contributed by atoms with Crippen molar-refractivity contribution in [2.45, 2.75) is 12.8 Å². The Balaban J connectivity index is 2.47. The third-order valence-corrected chi connectivity index (χ3v) is 2.85. The van der Waals surface area contributed by atoms with Gasteiger partial charge in [0, 0.05) is 11.6 Å². The lowest BCUT2D eigenvalue weighted by atomic mass is 10.1. The molecule has 0 bridgehead atoms. The van der Waals surface area contributed by atoms with Crippen molar-refractivity contribution in [2.75, 3.05) is 6.54 Å². The first-order valence-electron chi connectivity index (χ1n) is 5.84. The molecule has 1 rings (SSSR count). The molecule has 1 atom stereocenters. The van der Waals surface area contributed by atoms with Gasteiger partial charge in [-0.1, -0.05) is 23.7 Å². The van der Waals surface area contributed by atoms with E-state index >= 15 is 0 Å². The van der Waals surface area contributed by atoms with Crippen LogP contribution in [-0.4, -0.2) is 34.6 Å². The molecule has 0 aliphatic heterocycles. The number of amides is 1. The van der Waals surface area contributed by atoms with Crippen LogP contribution in [-0.2, 0) is 20.8 Å². The van der Waals surface area contributed by atoms with E-state index in [0.29, 0.717) is 5.02 Å². The van der Waals surface area contributed by atoms with Gasteiger partial charge in [0.2, 0.25) is 5.91 Å². The Hall–Kier alpha value is -2.08. The number of benzene rings is 1. The van der Waals surface area contributed by atoms with E-state index in [1.807, 2.05) is 0 Å². The predicted octanol–water partition coefficient (Wildman–Crippen LogP) is 1.17. The summed E-state index contributed by atoms with van der Waals surface area (Å²) >= 11 is 5.71. The highest BCUT2D eigenvalue weighted by Crippen LogP contribution is 2.10. The first-order valence-corrected chi connectivity index (χ1v) is 6.22. The molecule has 0 radical (unpaired) electrons. The van der Waals surface area contributed by atoms with Gasteiger partial charge in [-0.3, -0.25) is 14.4 Å². The summed E-state index contributed by atoms with van der Waals surface area (Å²) < 4.78 is 0. The summed E-state index contributed by atoms with van der Waals surface area (Å²) in [5.74, 6) is -3.98. The summed E-state index contributed by atoms with van der Waals surface area (Å²) in [5.41, 5.74) is 0.733. The number of carbonyl (C=O) groups excluding carboxylic acids is 1. The van der Waals surface area contributed by atoms with Crippen molar-refractivity contribution >= 4 is 29.4 Å². The van der Waals surface area contributed by atoms with Crippen molar-refractivity contribution < 1.29 is 24.6 Å². The number of hydrogen-bond donors (Lipinski definition) is 3. The van der Waals surface area contributed by atoms with Crippen molar-refractivity contribution in [2.24, 2.45) is 5.92 Å². The van der Waals surface area contributed by atoms with E-state index < -0.39 is 24.3 Å². The molecule has 1 aromatic rings. The first-order chi connectivity index (χ1) is 9.38. The van der Waals surface area contributed by atoms with Gasteiger partial charge in [0.1, 0.15) is 0 Å². The minimum Gasteiger partial charge on any atom is -0.481 e. The second kappa shape index (κ2) is 7.49. The zero-order valence-corrected chi connectivity index (χ0v) is 11.3. The summed E-state index contributed by atoms with van der Waals surface area (Å²) in [5, 5.41) is 20.4. The minimum atomic E-state index is -1.25. The normalized spacial score (nSPS) is 11.7. The van der Waals surface area contributed by atoms with E-state index in [-0.39, 0.29) is 18.9 Å². The van der Waals surface area contributed by atoms with Gasteiger partial charge in [-0.15, -0.1) is 0 Å². The number of aliphatic carboxylic acids is 2. The van der Waals surface area contributed by atoms with Crippen molar-refractivity contribution in [3.8, 4) is 0 Å². The van der Waals surface area contributed by atoms with Crippen LogP contribution in [0, 0.1) is 5.92 Å². The molecule has 1 amide bonds. The van der Waals surface area contributed by atoms with Gasteiger partial charge in [-0.25, -0.2) is 0 Å². The maximum atomic E-state index is 11.6. The molecule has 0 saturated heterocycles. The summed E-state index contributed by atoms with van der Waals surface area (Å²) in [6.45, 7) is -0.214. The average molecular weight is 300 g/mol. The largest absolute Gasteiger partial charge is 0.481 e. The number of carboxylic acids is 2. The molecule has 0 fully saturated rings. The molecular formula is C13H14ClNO5. The van der Waals surface area contributed by atoms with Gasteiger partial charge >= 0.3 is 11.9 Å². The van der Waals surface area contributed by atoms with E-state index in [0.717, 1.165) is 5.56 Å². The number of hydrogen-bond acceptors (Lipinski definition) is 3. The zero-order valence-electron chi connectivity index (χ0n) is 10.5. The van der Waals surface area contributed by atoms with Gasteiger partial charge in [0.15, 0.2) is 0 Å². The zero-order chi connectivity index (χ0) is 15.1. The molecule has 1 aromatic carbocycles. The molecule has 6 nitrogen and oxygen atoms in total. The van der Waals surface area contributed by atoms with E-state index in [9.17, 15) is 14.4 Å². The van der Waals surface area contributed by atoms with Crippen LogP contribution in [0.5, 0.6) is 0 Å². The van der Waals surface area contributed by atoms with Crippen molar-refractivity contribution in [3.05, 3.63) is 34.9 Å². The summed E-state index contributed by atoms with van der Waals surface area (Å²) in [6.07, 6.45) is -0.451. The van der Waals surface area contributed by atoms with Gasteiger partial charge in [-0.2, -0.15) is 0 Å². The quantitative estimate of drug-likeness (QED) is 0.701. The van der Waals surface area contributed by atoms with Crippen LogP contribution in [0.3, 0.4) is 0 Å². The lowest BCUT2D eigenvalue weighted by Crippen LogP contribution is -2.34. The number of rotatable bonds is 7. The highest BCUT2D eigenvalue weighted by Gasteiger charge is 2.21. The van der Waals surface area contributed by atoms with Gasteiger partial charge in [0.05, 0.1) is 18.8 Å². The third kappa shape index (κ3) is 5.71. The molecule has 0 aliphatic carbocycles.